The predicted octanol–water partition coefficient (Wildman–Crippen LogP) is 4.59. The van der Waals surface area contributed by atoms with Crippen molar-refractivity contribution in [3.8, 4) is 11.3 Å². The van der Waals surface area contributed by atoms with Crippen LogP contribution in [0.1, 0.15) is 46.6 Å². The molecule has 2 aromatic rings. The number of pyridine rings is 1. The molecule has 0 N–H and O–H groups in total. The van der Waals surface area contributed by atoms with Gasteiger partial charge >= 0.3 is 5.97 Å². The zero-order chi connectivity index (χ0) is 18.4. The van der Waals surface area contributed by atoms with Gasteiger partial charge in [-0.1, -0.05) is 32.0 Å². The summed E-state index contributed by atoms with van der Waals surface area (Å²) in [6.07, 6.45) is 5.06. The number of aromatic nitrogens is 1. The Balaban J connectivity index is 2.75. The molecule has 2 rings (SSSR count). The van der Waals surface area contributed by atoms with Gasteiger partial charge in [0.15, 0.2) is 0 Å². The van der Waals surface area contributed by atoms with E-state index in [1.54, 1.807) is 13.2 Å². The number of aryl methyl sites for hydroxylation is 3. The van der Waals surface area contributed by atoms with E-state index in [4.69, 9.17) is 14.5 Å². The Morgan fingerprint density at radius 1 is 1.16 bits per heavy atom. The minimum Gasteiger partial charge on any atom is -0.504 e. The van der Waals surface area contributed by atoms with Gasteiger partial charge in [0.2, 0.25) is 0 Å². The largest absolute Gasteiger partial charge is 0.504 e. The van der Waals surface area contributed by atoms with Crippen LogP contribution in [0.25, 0.3) is 17.3 Å². The first kappa shape index (κ1) is 18.7. The number of esters is 1. The number of hydrogen-bond donors (Lipinski definition) is 0. The molecule has 0 atom stereocenters. The van der Waals surface area contributed by atoms with Crippen molar-refractivity contribution < 1.29 is 14.3 Å². The van der Waals surface area contributed by atoms with Crippen LogP contribution in [0.4, 0.5) is 0 Å². The molecule has 1 aromatic carbocycles. The van der Waals surface area contributed by atoms with E-state index >= 15 is 0 Å². The zero-order valence-electron chi connectivity index (χ0n) is 15.6. The van der Waals surface area contributed by atoms with Crippen LogP contribution in [0.15, 0.2) is 30.5 Å². The summed E-state index contributed by atoms with van der Waals surface area (Å²) >= 11 is 0. The summed E-state index contributed by atoms with van der Waals surface area (Å²) in [5.74, 6) is -0.396. The molecule has 25 heavy (non-hydrogen) atoms. The van der Waals surface area contributed by atoms with Gasteiger partial charge in [-0.15, -0.1) is 0 Å². The van der Waals surface area contributed by atoms with Crippen LogP contribution < -0.4 is 0 Å². The van der Waals surface area contributed by atoms with Crippen molar-refractivity contribution in [3.63, 3.8) is 0 Å². The normalized spacial score (nSPS) is 10.9. The second-order valence-electron chi connectivity index (χ2n) is 5.77. The Hall–Kier alpha value is -2.62. The van der Waals surface area contributed by atoms with Gasteiger partial charge in [0.05, 0.1) is 37.4 Å². The maximum absolute atomic E-state index is 12.2. The molecule has 4 heteroatoms. The van der Waals surface area contributed by atoms with Crippen LogP contribution in [0.3, 0.4) is 0 Å². The SMILES string of the molecule is CCc1cccc(CC)c1-c1cc(C)c(C(=O)OC)c(/C=C/OC)n1. The number of nitrogens with zero attached hydrogens (tertiary/aromatic N) is 1. The Morgan fingerprint density at radius 2 is 1.80 bits per heavy atom. The molecule has 0 aliphatic carbocycles. The number of methoxy groups -OCH3 is 2. The number of hydrogen-bond acceptors (Lipinski definition) is 4. The lowest BCUT2D eigenvalue weighted by Crippen LogP contribution is -2.09. The molecule has 1 aromatic heterocycles. The molecule has 0 amide bonds. The molecule has 0 spiro atoms. The lowest BCUT2D eigenvalue weighted by atomic mass is 9.93. The van der Waals surface area contributed by atoms with Gasteiger partial charge in [-0.3, -0.25) is 0 Å². The number of ether oxygens (including phenoxy) is 2. The molecule has 0 aliphatic heterocycles. The van der Waals surface area contributed by atoms with E-state index in [0.29, 0.717) is 11.3 Å². The average molecular weight is 339 g/mol. The topological polar surface area (TPSA) is 48.4 Å². The van der Waals surface area contributed by atoms with Crippen LogP contribution in [0.5, 0.6) is 0 Å². The van der Waals surface area contributed by atoms with Crippen LogP contribution in [0, 0.1) is 6.92 Å². The third-order valence-electron chi connectivity index (χ3n) is 4.25. The fourth-order valence-corrected chi connectivity index (χ4v) is 3.02. The molecule has 0 saturated carbocycles. The van der Waals surface area contributed by atoms with Crippen LogP contribution in [-0.4, -0.2) is 25.2 Å². The highest BCUT2D eigenvalue weighted by atomic mass is 16.5. The summed E-state index contributed by atoms with van der Waals surface area (Å²) in [5, 5.41) is 0. The van der Waals surface area contributed by atoms with Crippen molar-refractivity contribution in [2.24, 2.45) is 0 Å². The van der Waals surface area contributed by atoms with E-state index in [1.807, 2.05) is 13.0 Å². The van der Waals surface area contributed by atoms with Gasteiger partial charge in [-0.2, -0.15) is 0 Å². The van der Waals surface area contributed by atoms with E-state index < -0.39 is 5.97 Å². The minimum atomic E-state index is -0.396. The molecule has 0 radical (unpaired) electrons. The molecule has 132 valence electrons. The molecule has 1 heterocycles. The highest BCUT2D eigenvalue weighted by Gasteiger charge is 2.19. The summed E-state index contributed by atoms with van der Waals surface area (Å²) in [6, 6.07) is 8.31. The summed E-state index contributed by atoms with van der Waals surface area (Å²) in [6.45, 7) is 6.18. The maximum Gasteiger partial charge on any atom is 0.340 e. The fourth-order valence-electron chi connectivity index (χ4n) is 3.02. The lowest BCUT2D eigenvalue weighted by molar-refractivity contribution is 0.0599. The lowest BCUT2D eigenvalue weighted by Gasteiger charge is -2.16. The third-order valence-corrected chi connectivity index (χ3v) is 4.25. The second-order valence-corrected chi connectivity index (χ2v) is 5.77. The molecule has 0 fully saturated rings. The molecule has 0 unspecified atom stereocenters. The quantitative estimate of drug-likeness (QED) is 0.571. The van der Waals surface area contributed by atoms with Crippen molar-refractivity contribution in [2.75, 3.05) is 14.2 Å². The van der Waals surface area contributed by atoms with E-state index in [2.05, 4.69) is 32.0 Å². The summed E-state index contributed by atoms with van der Waals surface area (Å²) in [4.78, 5) is 16.9. The maximum atomic E-state index is 12.2. The number of rotatable bonds is 6. The highest BCUT2D eigenvalue weighted by Crippen LogP contribution is 2.30. The van der Waals surface area contributed by atoms with Crippen molar-refractivity contribution in [1.29, 1.82) is 0 Å². The Morgan fingerprint density at radius 3 is 2.32 bits per heavy atom. The monoisotopic (exact) mass is 339 g/mol. The molecule has 0 bridgehead atoms. The predicted molar refractivity (Wildman–Crippen MR) is 101 cm³/mol. The van der Waals surface area contributed by atoms with Crippen molar-refractivity contribution >= 4 is 12.0 Å². The first-order chi connectivity index (χ1) is 12.1. The zero-order valence-corrected chi connectivity index (χ0v) is 15.6. The number of carbonyl (C=O) groups is 1. The molecule has 0 saturated heterocycles. The highest BCUT2D eigenvalue weighted by molar-refractivity contribution is 5.95. The van der Waals surface area contributed by atoms with Crippen molar-refractivity contribution in [3.05, 3.63) is 58.5 Å². The Labute approximate surface area is 149 Å². The minimum absolute atomic E-state index is 0.396. The molecule has 0 aliphatic rings. The summed E-state index contributed by atoms with van der Waals surface area (Å²) < 4.78 is 9.94. The van der Waals surface area contributed by atoms with Gasteiger partial charge in [-0.05, 0) is 48.6 Å². The van der Waals surface area contributed by atoms with Gasteiger partial charge in [0.25, 0.3) is 0 Å². The first-order valence-electron chi connectivity index (χ1n) is 8.47. The van der Waals surface area contributed by atoms with Gasteiger partial charge in [0, 0.05) is 5.56 Å². The average Bonchev–Trinajstić information content (AvgIpc) is 2.64. The second kappa shape index (κ2) is 8.47. The van der Waals surface area contributed by atoms with Gasteiger partial charge in [0.1, 0.15) is 0 Å². The molecular formula is C21H25NO3. The third kappa shape index (κ3) is 3.90. The summed E-state index contributed by atoms with van der Waals surface area (Å²) in [7, 11) is 2.94. The molecular weight excluding hydrogens is 314 g/mol. The standard InChI is InChI=1S/C21H25NO3/c1-6-15-9-8-10-16(7-2)20(15)18-13-14(3)19(21(23)25-5)17(22-18)11-12-24-4/h8-13H,6-7H2,1-5H3/b12-11+. The van der Waals surface area contributed by atoms with E-state index in [9.17, 15) is 4.79 Å². The van der Waals surface area contributed by atoms with Crippen LogP contribution in [-0.2, 0) is 22.3 Å². The van der Waals surface area contributed by atoms with Crippen LogP contribution in [0.2, 0.25) is 0 Å². The number of benzene rings is 1. The van der Waals surface area contributed by atoms with Crippen LogP contribution >= 0.6 is 0 Å². The van der Waals surface area contributed by atoms with Gasteiger partial charge in [-0.25, -0.2) is 9.78 Å². The fraction of sp³-hybridized carbons (Fsp3) is 0.333. The molecule has 4 nitrogen and oxygen atoms in total. The number of carbonyl (C=O) groups excluding carboxylic acids is 1. The van der Waals surface area contributed by atoms with Crippen molar-refractivity contribution in [1.82, 2.24) is 4.98 Å². The van der Waals surface area contributed by atoms with Crippen molar-refractivity contribution in [2.45, 2.75) is 33.6 Å². The Kier molecular flexibility index (Phi) is 6.34. The first-order valence-corrected chi connectivity index (χ1v) is 8.47. The van der Waals surface area contributed by atoms with Gasteiger partial charge < -0.3 is 9.47 Å². The van der Waals surface area contributed by atoms with E-state index in [1.165, 1.54) is 24.5 Å². The smallest absolute Gasteiger partial charge is 0.340 e. The Bertz CT molecular complexity index is 772. The van der Waals surface area contributed by atoms with E-state index in [0.717, 1.165) is 29.7 Å². The summed E-state index contributed by atoms with van der Waals surface area (Å²) in [5.41, 5.74) is 6.37. The van der Waals surface area contributed by atoms with E-state index in [-0.39, 0.29) is 0 Å².